The number of ether oxygens (including phenoxy) is 12. The Hall–Kier alpha value is -1.75. The summed E-state index contributed by atoms with van der Waals surface area (Å²) in [7, 11) is 0. The molecule has 1 rings (SSSR count). The number of hydrogen-bond donors (Lipinski definition) is 0. The van der Waals surface area contributed by atoms with Gasteiger partial charge in [-0.25, -0.2) is 0 Å². The molecule has 13 nitrogen and oxygen atoms in total. The predicted octanol–water partition coefficient (Wildman–Crippen LogP) is 3.25. The number of rotatable bonds is 39. The average molecular weight is 677 g/mol. The van der Waals surface area contributed by atoms with E-state index in [-0.39, 0.29) is 0 Å². The number of unbranched alkanes of at least 4 members (excludes halogenated alkanes) is 2. The second kappa shape index (κ2) is 37.1. The Morgan fingerprint density at radius 1 is 0.383 bits per heavy atom. The monoisotopic (exact) mass is 676 g/mol. The Balaban J connectivity index is 1.63. The quantitative estimate of drug-likeness (QED) is 0.0749. The summed E-state index contributed by atoms with van der Waals surface area (Å²) in [6.07, 6.45) is 4.33. The molecule has 0 unspecified atom stereocenters. The standard InChI is InChI=1S/C34H60O13/c1-2-3-4-9-36-10-11-37-12-13-38-14-15-39-16-17-40-18-19-41-20-21-42-22-23-43-24-25-44-26-27-45-28-29-46-30-31-47-34-7-5-33(32-35)6-8-34/h5-8,32H,2-4,9-31H2,1H3. The van der Waals surface area contributed by atoms with Gasteiger partial charge in [-0.1, -0.05) is 19.8 Å². The highest BCUT2D eigenvalue weighted by atomic mass is 16.6. The summed E-state index contributed by atoms with van der Waals surface area (Å²) < 4.78 is 65.8. The van der Waals surface area contributed by atoms with Crippen molar-refractivity contribution in [1.82, 2.24) is 0 Å². The largest absolute Gasteiger partial charge is 0.491 e. The minimum atomic E-state index is 0.432. The molecule has 0 aromatic heterocycles. The van der Waals surface area contributed by atoms with E-state index in [4.69, 9.17) is 56.8 Å². The molecule has 0 spiro atoms. The van der Waals surface area contributed by atoms with Crippen molar-refractivity contribution < 1.29 is 61.6 Å². The van der Waals surface area contributed by atoms with Crippen LogP contribution in [-0.4, -0.2) is 158 Å². The van der Waals surface area contributed by atoms with Crippen molar-refractivity contribution in [3.05, 3.63) is 29.8 Å². The van der Waals surface area contributed by atoms with Crippen molar-refractivity contribution >= 4 is 6.29 Å². The van der Waals surface area contributed by atoms with Gasteiger partial charge >= 0.3 is 0 Å². The third-order valence-corrected chi connectivity index (χ3v) is 6.12. The third-order valence-electron chi connectivity index (χ3n) is 6.12. The maximum atomic E-state index is 10.6. The molecule has 0 amide bonds. The molecule has 1 aromatic rings. The Morgan fingerprint density at radius 3 is 0.936 bits per heavy atom. The number of hydrogen-bond acceptors (Lipinski definition) is 13. The highest BCUT2D eigenvalue weighted by Gasteiger charge is 1.98. The second-order valence-electron chi connectivity index (χ2n) is 9.98. The zero-order chi connectivity index (χ0) is 33.6. The Labute approximate surface area is 281 Å². The van der Waals surface area contributed by atoms with Gasteiger partial charge in [-0.2, -0.15) is 0 Å². The van der Waals surface area contributed by atoms with E-state index >= 15 is 0 Å². The zero-order valence-electron chi connectivity index (χ0n) is 28.6. The molecule has 0 saturated carbocycles. The summed E-state index contributed by atoms with van der Waals surface area (Å²) in [6, 6.07) is 6.94. The van der Waals surface area contributed by atoms with Crippen LogP contribution < -0.4 is 4.74 Å². The molecule has 0 atom stereocenters. The molecule has 0 heterocycles. The normalized spacial score (nSPS) is 11.3. The van der Waals surface area contributed by atoms with Gasteiger partial charge in [0.05, 0.1) is 139 Å². The highest BCUT2D eigenvalue weighted by Crippen LogP contribution is 2.10. The second-order valence-corrected chi connectivity index (χ2v) is 9.98. The summed E-state index contributed by atoms with van der Waals surface area (Å²) in [5.74, 6) is 0.705. The molecular weight excluding hydrogens is 616 g/mol. The molecule has 13 heteroatoms. The van der Waals surface area contributed by atoms with Gasteiger partial charge in [0.1, 0.15) is 18.6 Å². The maximum absolute atomic E-state index is 10.6. The first-order valence-electron chi connectivity index (χ1n) is 16.9. The van der Waals surface area contributed by atoms with Crippen molar-refractivity contribution in [2.75, 3.05) is 152 Å². The molecule has 0 aliphatic heterocycles. The van der Waals surface area contributed by atoms with E-state index in [1.807, 2.05) is 0 Å². The molecule has 0 fully saturated rings. The summed E-state index contributed by atoms with van der Waals surface area (Å²) in [5.41, 5.74) is 0.619. The first kappa shape index (κ1) is 43.3. The molecule has 1 aromatic carbocycles. The molecule has 0 bridgehead atoms. The van der Waals surface area contributed by atoms with Crippen LogP contribution in [0.15, 0.2) is 24.3 Å². The van der Waals surface area contributed by atoms with Crippen molar-refractivity contribution in [3.8, 4) is 5.75 Å². The van der Waals surface area contributed by atoms with Gasteiger partial charge in [0, 0.05) is 12.2 Å². The summed E-state index contributed by atoms with van der Waals surface area (Å²) in [5, 5.41) is 0. The van der Waals surface area contributed by atoms with Crippen LogP contribution >= 0.6 is 0 Å². The molecule has 0 saturated heterocycles. The lowest BCUT2D eigenvalue weighted by Crippen LogP contribution is -2.15. The van der Waals surface area contributed by atoms with Crippen LogP contribution in [0.1, 0.15) is 36.5 Å². The van der Waals surface area contributed by atoms with Crippen LogP contribution in [0.3, 0.4) is 0 Å². The Morgan fingerprint density at radius 2 is 0.660 bits per heavy atom. The predicted molar refractivity (Wildman–Crippen MR) is 176 cm³/mol. The van der Waals surface area contributed by atoms with Crippen LogP contribution in [0, 0.1) is 0 Å². The lowest BCUT2D eigenvalue weighted by molar-refractivity contribution is -0.0277. The van der Waals surface area contributed by atoms with E-state index in [1.165, 1.54) is 12.8 Å². The fourth-order valence-corrected chi connectivity index (χ4v) is 3.62. The molecular formula is C34H60O13. The van der Waals surface area contributed by atoms with E-state index in [0.717, 1.165) is 19.3 Å². The summed E-state index contributed by atoms with van der Waals surface area (Å²) >= 11 is 0. The molecule has 0 aliphatic rings. The van der Waals surface area contributed by atoms with Gasteiger partial charge < -0.3 is 56.8 Å². The van der Waals surface area contributed by atoms with Crippen LogP contribution in [0.4, 0.5) is 0 Å². The Kier molecular flexibility index (Phi) is 34.1. The van der Waals surface area contributed by atoms with E-state index in [2.05, 4.69) is 6.92 Å². The summed E-state index contributed by atoms with van der Waals surface area (Å²) in [6.45, 7) is 14.3. The number of benzene rings is 1. The van der Waals surface area contributed by atoms with E-state index in [0.29, 0.717) is 157 Å². The smallest absolute Gasteiger partial charge is 0.150 e. The topological polar surface area (TPSA) is 128 Å². The lowest BCUT2D eigenvalue weighted by atomic mass is 10.2. The molecule has 274 valence electrons. The SMILES string of the molecule is CCCCCOCCOCCOCCOCCOCCOCCOCCOCCOCCOCCOCCOc1ccc(C=O)cc1. The van der Waals surface area contributed by atoms with Gasteiger partial charge in [0.15, 0.2) is 0 Å². The lowest BCUT2D eigenvalue weighted by Gasteiger charge is -2.09. The van der Waals surface area contributed by atoms with Gasteiger partial charge in [0.25, 0.3) is 0 Å². The van der Waals surface area contributed by atoms with Gasteiger partial charge in [0.2, 0.25) is 0 Å². The van der Waals surface area contributed by atoms with Crippen LogP contribution in [0.5, 0.6) is 5.75 Å². The Bertz CT molecular complexity index is 754. The highest BCUT2D eigenvalue weighted by molar-refractivity contribution is 5.74. The zero-order valence-corrected chi connectivity index (χ0v) is 28.6. The fraction of sp³-hybridized carbons (Fsp3) is 0.794. The number of carbonyl (C=O) groups excluding carboxylic acids is 1. The number of aldehydes is 1. The molecule has 47 heavy (non-hydrogen) atoms. The summed E-state index contributed by atoms with van der Waals surface area (Å²) in [4.78, 5) is 10.6. The number of carbonyl (C=O) groups is 1. The molecule has 0 aliphatic carbocycles. The van der Waals surface area contributed by atoms with Crippen molar-refractivity contribution in [2.24, 2.45) is 0 Å². The van der Waals surface area contributed by atoms with Crippen LogP contribution in [0.2, 0.25) is 0 Å². The van der Waals surface area contributed by atoms with Gasteiger partial charge in [-0.05, 0) is 30.7 Å². The van der Waals surface area contributed by atoms with E-state index < -0.39 is 0 Å². The van der Waals surface area contributed by atoms with Crippen LogP contribution in [0.25, 0.3) is 0 Å². The van der Waals surface area contributed by atoms with E-state index in [9.17, 15) is 4.79 Å². The van der Waals surface area contributed by atoms with Crippen molar-refractivity contribution in [2.45, 2.75) is 26.2 Å². The average Bonchev–Trinajstić information content (AvgIpc) is 3.10. The maximum Gasteiger partial charge on any atom is 0.150 e. The fourth-order valence-electron chi connectivity index (χ4n) is 3.62. The van der Waals surface area contributed by atoms with Gasteiger partial charge in [-0.3, -0.25) is 4.79 Å². The first-order valence-corrected chi connectivity index (χ1v) is 16.9. The van der Waals surface area contributed by atoms with Crippen molar-refractivity contribution in [1.29, 1.82) is 0 Å². The third kappa shape index (κ3) is 32.6. The minimum absolute atomic E-state index is 0.432. The van der Waals surface area contributed by atoms with Crippen molar-refractivity contribution in [3.63, 3.8) is 0 Å². The first-order chi connectivity index (χ1) is 23.4. The van der Waals surface area contributed by atoms with E-state index in [1.54, 1.807) is 24.3 Å². The molecule has 0 N–H and O–H groups in total. The van der Waals surface area contributed by atoms with Gasteiger partial charge in [-0.15, -0.1) is 0 Å². The molecule has 0 radical (unpaired) electrons. The van der Waals surface area contributed by atoms with Crippen LogP contribution in [-0.2, 0) is 52.1 Å². The minimum Gasteiger partial charge on any atom is -0.491 e.